The zero-order valence-electron chi connectivity index (χ0n) is 9.25. The molecule has 1 N–H and O–H groups in total. The fourth-order valence-corrected chi connectivity index (χ4v) is 1.55. The first kappa shape index (κ1) is 12.7. The van der Waals surface area contributed by atoms with Gasteiger partial charge in [-0.25, -0.2) is 0 Å². The summed E-state index contributed by atoms with van der Waals surface area (Å²) in [6.45, 7) is 3.58. The number of carbonyl (C=O) groups is 1. The lowest BCUT2D eigenvalue weighted by molar-refractivity contribution is 0.0923. The maximum absolute atomic E-state index is 11.8. The van der Waals surface area contributed by atoms with Crippen molar-refractivity contribution < 1.29 is 4.79 Å². The Morgan fingerprint density at radius 3 is 2.81 bits per heavy atom. The van der Waals surface area contributed by atoms with Gasteiger partial charge in [0.15, 0.2) is 0 Å². The van der Waals surface area contributed by atoms with Crippen molar-refractivity contribution in [2.24, 2.45) is 0 Å². The highest BCUT2D eigenvalue weighted by atomic mass is 79.9. The zero-order valence-corrected chi connectivity index (χ0v) is 10.8. The van der Waals surface area contributed by atoms with Crippen LogP contribution in [0.4, 0.5) is 0 Å². The van der Waals surface area contributed by atoms with Gasteiger partial charge in [0, 0.05) is 10.0 Å². The number of hydrogen-bond acceptors (Lipinski definition) is 2. The quantitative estimate of drug-likeness (QED) is 0.926. The second kappa shape index (κ2) is 5.13. The molecule has 0 aliphatic heterocycles. The number of carbonyl (C=O) groups excluding carboxylic acids is 1. The highest BCUT2D eigenvalue weighted by Crippen LogP contribution is 2.13. The van der Waals surface area contributed by atoms with Gasteiger partial charge in [0.2, 0.25) is 0 Å². The molecule has 1 rings (SSSR count). The summed E-state index contributed by atoms with van der Waals surface area (Å²) < 4.78 is 0.843. The Morgan fingerprint density at radius 1 is 1.62 bits per heavy atom. The second-order valence-electron chi connectivity index (χ2n) is 3.76. The normalized spacial score (nSPS) is 13.6. The summed E-state index contributed by atoms with van der Waals surface area (Å²) in [7, 11) is 0. The molecule has 16 heavy (non-hydrogen) atoms. The van der Waals surface area contributed by atoms with E-state index in [1.54, 1.807) is 25.1 Å². The number of halogens is 1. The number of nitrogens with zero attached hydrogens (tertiary/aromatic N) is 1. The molecule has 0 saturated heterocycles. The van der Waals surface area contributed by atoms with E-state index in [9.17, 15) is 4.79 Å². The summed E-state index contributed by atoms with van der Waals surface area (Å²) >= 11 is 3.30. The number of rotatable bonds is 3. The predicted octanol–water partition coefficient (Wildman–Crippen LogP) is 2.87. The molecule has 1 amide bonds. The van der Waals surface area contributed by atoms with E-state index in [0.717, 1.165) is 4.47 Å². The number of hydrogen-bond donors (Lipinski definition) is 1. The highest BCUT2D eigenvalue weighted by Gasteiger charge is 2.24. The third-order valence-electron chi connectivity index (χ3n) is 2.43. The van der Waals surface area contributed by atoms with Crippen molar-refractivity contribution in [3.05, 3.63) is 34.3 Å². The standard InChI is InChI=1S/C12H13BrN2O/c1-3-12(2,8-14)15-11(16)9-5-4-6-10(13)7-9/h4-7H,3H2,1-2H3,(H,15,16). The summed E-state index contributed by atoms with van der Waals surface area (Å²) in [6.07, 6.45) is 0.573. The summed E-state index contributed by atoms with van der Waals surface area (Å²) in [6, 6.07) is 9.17. The van der Waals surface area contributed by atoms with Crippen LogP contribution in [0, 0.1) is 11.3 Å². The first-order valence-electron chi connectivity index (χ1n) is 5.00. The fraction of sp³-hybridized carbons (Fsp3) is 0.333. The first-order chi connectivity index (χ1) is 7.50. The average molecular weight is 281 g/mol. The molecule has 4 heteroatoms. The van der Waals surface area contributed by atoms with Crippen molar-refractivity contribution in [1.29, 1.82) is 5.26 Å². The smallest absolute Gasteiger partial charge is 0.252 e. The van der Waals surface area contributed by atoms with Crippen LogP contribution >= 0.6 is 15.9 Å². The Hall–Kier alpha value is -1.34. The molecular weight excluding hydrogens is 268 g/mol. The van der Waals surface area contributed by atoms with Gasteiger partial charge in [0.1, 0.15) is 5.54 Å². The van der Waals surface area contributed by atoms with Gasteiger partial charge in [-0.2, -0.15) is 5.26 Å². The van der Waals surface area contributed by atoms with E-state index in [1.807, 2.05) is 13.0 Å². The van der Waals surface area contributed by atoms with Gasteiger partial charge in [-0.05, 0) is 31.5 Å². The van der Waals surface area contributed by atoms with Crippen molar-refractivity contribution in [2.45, 2.75) is 25.8 Å². The van der Waals surface area contributed by atoms with Crippen molar-refractivity contribution in [3.8, 4) is 6.07 Å². The monoisotopic (exact) mass is 280 g/mol. The molecule has 0 aliphatic carbocycles. The van der Waals surface area contributed by atoms with Crippen molar-refractivity contribution >= 4 is 21.8 Å². The van der Waals surface area contributed by atoms with E-state index in [0.29, 0.717) is 12.0 Å². The topological polar surface area (TPSA) is 52.9 Å². The Kier molecular flexibility index (Phi) is 4.08. The van der Waals surface area contributed by atoms with E-state index >= 15 is 0 Å². The zero-order chi connectivity index (χ0) is 12.2. The van der Waals surface area contributed by atoms with E-state index < -0.39 is 5.54 Å². The Balaban J connectivity index is 2.85. The van der Waals surface area contributed by atoms with Crippen molar-refractivity contribution in [2.75, 3.05) is 0 Å². The van der Waals surface area contributed by atoms with Gasteiger partial charge in [0.05, 0.1) is 6.07 Å². The van der Waals surface area contributed by atoms with E-state index in [4.69, 9.17) is 5.26 Å². The van der Waals surface area contributed by atoms with Crippen molar-refractivity contribution in [3.63, 3.8) is 0 Å². The van der Waals surface area contributed by atoms with Crippen LogP contribution in [-0.4, -0.2) is 11.4 Å². The molecule has 1 aromatic carbocycles. The van der Waals surface area contributed by atoms with E-state index in [1.165, 1.54) is 0 Å². The third kappa shape index (κ3) is 3.07. The van der Waals surface area contributed by atoms with Crippen LogP contribution in [-0.2, 0) is 0 Å². The Bertz CT molecular complexity index is 439. The molecule has 1 unspecified atom stereocenters. The van der Waals surface area contributed by atoms with Gasteiger partial charge in [-0.3, -0.25) is 4.79 Å². The third-order valence-corrected chi connectivity index (χ3v) is 2.92. The number of nitrogens with one attached hydrogen (secondary N) is 1. The lowest BCUT2D eigenvalue weighted by atomic mass is 10.0. The molecule has 84 valence electrons. The van der Waals surface area contributed by atoms with Gasteiger partial charge >= 0.3 is 0 Å². The summed E-state index contributed by atoms with van der Waals surface area (Å²) in [5.41, 5.74) is -0.261. The summed E-state index contributed by atoms with van der Waals surface area (Å²) in [4.78, 5) is 11.8. The van der Waals surface area contributed by atoms with Gasteiger partial charge in [-0.15, -0.1) is 0 Å². The fourth-order valence-electron chi connectivity index (χ4n) is 1.15. The molecule has 0 saturated carbocycles. The van der Waals surface area contributed by atoms with Crippen LogP contribution in [0.25, 0.3) is 0 Å². The van der Waals surface area contributed by atoms with Gasteiger partial charge in [0.25, 0.3) is 5.91 Å². The van der Waals surface area contributed by atoms with Crippen LogP contribution in [0.1, 0.15) is 30.6 Å². The molecule has 0 aromatic heterocycles. The SMILES string of the molecule is CCC(C)(C#N)NC(=O)c1cccc(Br)c1. The Labute approximate surface area is 104 Å². The highest BCUT2D eigenvalue weighted by molar-refractivity contribution is 9.10. The van der Waals surface area contributed by atoms with Crippen molar-refractivity contribution in [1.82, 2.24) is 5.32 Å². The molecule has 0 aliphatic rings. The van der Waals surface area contributed by atoms with Crippen LogP contribution in [0.3, 0.4) is 0 Å². The minimum Gasteiger partial charge on any atom is -0.334 e. The number of nitriles is 1. The first-order valence-corrected chi connectivity index (χ1v) is 5.79. The lowest BCUT2D eigenvalue weighted by Crippen LogP contribution is -2.44. The molecule has 3 nitrogen and oxygen atoms in total. The van der Waals surface area contributed by atoms with Crippen LogP contribution < -0.4 is 5.32 Å². The van der Waals surface area contributed by atoms with Crippen LogP contribution in [0.15, 0.2) is 28.7 Å². The molecular formula is C12H13BrN2O. The summed E-state index contributed by atoms with van der Waals surface area (Å²) in [5.74, 6) is -0.229. The number of benzene rings is 1. The van der Waals surface area contributed by atoms with Crippen LogP contribution in [0.5, 0.6) is 0 Å². The minimum absolute atomic E-state index is 0.229. The largest absolute Gasteiger partial charge is 0.334 e. The van der Waals surface area contributed by atoms with Crippen LogP contribution in [0.2, 0.25) is 0 Å². The molecule has 0 heterocycles. The predicted molar refractivity (Wildman–Crippen MR) is 65.9 cm³/mol. The van der Waals surface area contributed by atoms with Gasteiger partial charge < -0.3 is 5.32 Å². The molecule has 0 radical (unpaired) electrons. The average Bonchev–Trinajstić information content (AvgIpc) is 2.29. The summed E-state index contributed by atoms with van der Waals surface area (Å²) in [5, 5.41) is 11.7. The van der Waals surface area contributed by atoms with E-state index in [2.05, 4.69) is 27.3 Å². The number of amides is 1. The Morgan fingerprint density at radius 2 is 2.31 bits per heavy atom. The van der Waals surface area contributed by atoms with Gasteiger partial charge in [-0.1, -0.05) is 28.9 Å². The van der Waals surface area contributed by atoms with E-state index in [-0.39, 0.29) is 5.91 Å². The molecule has 1 atom stereocenters. The molecule has 0 bridgehead atoms. The molecule has 0 fully saturated rings. The molecule has 1 aromatic rings. The molecule has 0 spiro atoms. The minimum atomic E-state index is -0.806. The maximum atomic E-state index is 11.8. The lowest BCUT2D eigenvalue weighted by Gasteiger charge is -2.21. The second-order valence-corrected chi connectivity index (χ2v) is 4.68. The maximum Gasteiger partial charge on any atom is 0.252 e.